The highest BCUT2D eigenvalue weighted by Gasteiger charge is 2.22. The van der Waals surface area contributed by atoms with Gasteiger partial charge in [-0.3, -0.25) is 9.78 Å². The third-order valence-electron chi connectivity index (χ3n) is 3.26. The summed E-state index contributed by atoms with van der Waals surface area (Å²) in [6, 6.07) is 6.47. The summed E-state index contributed by atoms with van der Waals surface area (Å²) in [5, 5.41) is 3.89. The molecule has 0 bridgehead atoms. The molecule has 0 spiro atoms. The van der Waals surface area contributed by atoms with Crippen molar-refractivity contribution in [1.82, 2.24) is 10.3 Å². The van der Waals surface area contributed by atoms with E-state index in [4.69, 9.17) is 16.6 Å². The zero-order valence-corrected chi connectivity index (χ0v) is 12.6. The highest BCUT2D eigenvalue weighted by Crippen LogP contribution is 2.31. The van der Waals surface area contributed by atoms with Crippen molar-refractivity contribution >= 4 is 62.2 Å². The van der Waals surface area contributed by atoms with E-state index in [1.807, 2.05) is 0 Å². The van der Waals surface area contributed by atoms with Gasteiger partial charge < -0.3 is 9.73 Å². The Morgan fingerprint density at radius 3 is 3.05 bits per heavy atom. The maximum Gasteiger partial charge on any atom is 0.263 e. The van der Waals surface area contributed by atoms with Crippen molar-refractivity contribution in [2.75, 3.05) is 0 Å². The molecule has 1 saturated heterocycles. The van der Waals surface area contributed by atoms with Crippen molar-refractivity contribution in [2.24, 2.45) is 0 Å². The summed E-state index contributed by atoms with van der Waals surface area (Å²) in [5.74, 6) is -0.146. The van der Waals surface area contributed by atoms with E-state index in [1.165, 1.54) is 17.8 Å². The van der Waals surface area contributed by atoms with Crippen LogP contribution in [0, 0.1) is 5.82 Å². The molecule has 0 atom stereocenters. The standard InChI is InChI=1S/C15H7FN2O2S2/c16-10-3-1-2-9-12(10)17-6-7-4-8(20-13(7)9)5-11-14(19)18-15(21)22-11/h1-6H,(H,18,19,21)/b11-5-. The van der Waals surface area contributed by atoms with E-state index in [0.717, 1.165) is 5.39 Å². The van der Waals surface area contributed by atoms with Crippen LogP contribution < -0.4 is 5.32 Å². The number of amides is 1. The topological polar surface area (TPSA) is 55.1 Å². The lowest BCUT2D eigenvalue weighted by Crippen LogP contribution is -2.17. The average molecular weight is 330 g/mol. The number of fused-ring (bicyclic) bond motifs is 3. The van der Waals surface area contributed by atoms with Gasteiger partial charge in [0, 0.05) is 23.0 Å². The second-order valence-corrected chi connectivity index (χ2v) is 6.40. The molecule has 0 aliphatic carbocycles. The fraction of sp³-hybridized carbons (Fsp3) is 0. The number of aromatic nitrogens is 1. The van der Waals surface area contributed by atoms with Crippen LogP contribution >= 0.6 is 24.0 Å². The molecule has 4 nitrogen and oxygen atoms in total. The maximum atomic E-state index is 13.8. The largest absolute Gasteiger partial charge is 0.456 e. The van der Waals surface area contributed by atoms with E-state index in [1.54, 1.807) is 30.5 Å². The summed E-state index contributed by atoms with van der Waals surface area (Å²) in [6.07, 6.45) is 3.17. The van der Waals surface area contributed by atoms with Gasteiger partial charge in [0.1, 0.15) is 27.0 Å². The van der Waals surface area contributed by atoms with E-state index in [2.05, 4.69) is 10.3 Å². The van der Waals surface area contributed by atoms with Gasteiger partial charge in [-0.15, -0.1) is 0 Å². The molecule has 4 rings (SSSR count). The van der Waals surface area contributed by atoms with E-state index < -0.39 is 5.82 Å². The molecule has 1 fully saturated rings. The minimum Gasteiger partial charge on any atom is -0.456 e. The van der Waals surface area contributed by atoms with E-state index >= 15 is 0 Å². The molecule has 0 unspecified atom stereocenters. The van der Waals surface area contributed by atoms with Crippen molar-refractivity contribution in [3.05, 3.63) is 46.9 Å². The molecule has 1 aromatic carbocycles. The molecule has 2 aromatic heterocycles. The van der Waals surface area contributed by atoms with E-state index in [9.17, 15) is 9.18 Å². The number of nitrogens with zero attached hydrogens (tertiary/aromatic N) is 1. The molecule has 1 amide bonds. The lowest BCUT2D eigenvalue weighted by molar-refractivity contribution is -0.115. The fourth-order valence-electron chi connectivity index (χ4n) is 2.32. The van der Waals surface area contributed by atoms with Gasteiger partial charge >= 0.3 is 0 Å². The number of para-hydroxylation sites is 1. The molecule has 7 heteroatoms. The SMILES string of the molecule is O=C1NC(=S)S/C1=C\c1cc2cnc3c(F)cccc3c2o1. The number of halogens is 1. The molecular formula is C15H7FN2O2S2. The van der Waals surface area contributed by atoms with Gasteiger partial charge in [-0.25, -0.2) is 4.39 Å². The van der Waals surface area contributed by atoms with E-state index in [-0.39, 0.29) is 11.4 Å². The van der Waals surface area contributed by atoms with Gasteiger partial charge in [-0.1, -0.05) is 30.0 Å². The molecule has 1 N–H and O–H groups in total. The first-order valence-corrected chi connectivity index (χ1v) is 7.56. The van der Waals surface area contributed by atoms with Gasteiger partial charge in [0.2, 0.25) is 0 Å². The van der Waals surface area contributed by atoms with Crippen LogP contribution in [0.5, 0.6) is 0 Å². The molecule has 108 valence electrons. The Morgan fingerprint density at radius 1 is 1.41 bits per heavy atom. The summed E-state index contributed by atoms with van der Waals surface area (Å²) >= 11 is 6.12. The zero-order valence-electron chi connectivity index (χ0n) is 10.9. The third-order valence-corrected chi connectivity index (χ3v) is 4.42. The first-order valence-electron chi connectivity index (χ1n) is 6.33. The summed E-state index contributed by atoms with van der Waals surface area (Å²) < 4.78 is 19.9. The zero-order chi connectivity index (χ0) is 15.3. The van der Waals surface area contributed by atoms with Gasteiger partial charge in [0.15, 0.2) is 0 Å². The number of hydrogen-bond donors (Lipinski definition) is 1. The monoisotopic (exact) mass is 330 g/mol. The van der Waals surface area contributed by atoms with Crippen LogP contribution in [0.4, 0.5) is 4.39 Å². The van der Waals surface area contributed by atoms with Gasteiger partial charge in [-0.2, -0.15) is 0 Å². The number of thioether (sulfide) groups is 1. The third kappa shape index (κ3) is 2.10. The van der Waals surface area contributed by atoms with Gasteiger partial charge in [0.25, 0.3) is 5.91 Å². The number of pyridine rings is 1. The van der Waals surface area contributed by atoms with Crippen LogP contribution in [-0.4, -0.2) is 15.2 Å². The van der Waals surface area contributed by atoms with Crippen LogP contribution in [0.15, 0.2) is 39.8 Å². The molecule has 0 saturated carbocycles. The van der Waals surface area contributed by atoms with Crippen LogP contribution in [0.25, 0.3) is 27.9 Å². The summed E-state index contributed by atoms with van der Waals surface area (Å²) in [7, 11) is 0. The highest BCUT2D eigenvalue weighted by atomic mass is 32.2. The summed E-state index contributed by atoms with van der Waals surface area (Å²) in [6.45, 7) is 0. The fourth-order valence-corrected chi connectivity index (χ4v) is 3.34. The van der Waals surface area contributed by atoms with Crippen molar-refractivity contribution in [3.8, 4) is 0 Å². The second-order valence-electron chi connectivity index (χ2n) is 4.68. The van der Waals surface area contributed by atoms with Gasteiger partial charge in [-0.05, 0) is 18.2 Å². The van der Waals surface area contributed by atoms with Crippen LogP contribution in [0.3, 0.4) is 0 Å². The van der Waals surface area contributed by atoms with Crippen LogP contribution in [-0.2, 0) is 4.79 Å². The first kappa shape index (κ1) is 13.4. The number of nitrogens with one attached hydrogen (secondary N) is 1. The lowest BCUT2D eigenvalue weighted by Gasteiger charge is -1.98. The Morgan fingerprint density at radius 2 is 2.27 bits per heavy atom. The number of hydrogen-bond acceptors (Lipinski definition) is 5. The summed E-state index contributed by atoms with van der Waals surface area (Å²) in [5.41, 5.74) is 0.806. The highest BCUT2D eigenvalue weighted by molar-refractivity contribution is 8.26. The molecule has 0 radical (unpaired) electrons. The Bertz CT molecular complexity index is 994. The summed E-state index contributed by atoms with van der Waals surface area (Å²) in [4.78, 5) is 16.3. The second kappa shape index (κ2) is 4.89. The number of furan rings is 1. The minimum absolute atomic E-state index is 0.246. The van der Waals surface area contributed by atoms with Crippen molar-refractivity contribution in [1.29, 1.82) is 0 Å². The Kier molecular flexibility index (Phi) is 2.98. The number of thiocarbonyl (C=S) groups is 1. The maximum absolute atomic E-state index is 13.8. The molecule has 22 heavy (non-hydrogen) atoms. The molecule has 3 heterocycles. The molecule has 1 aliphatic rings. The quantitative estimate of drug-likeness (QED) is 0.546. The first-order chi connectivity index (χ1) is 10.6. The molecule has 1 aliphatic heterocycles. The minimum atomic E-state index is -0.397. The Balaban J connectivity index is 1.89. The van der Waals surface area contributed by atoms with Crippen molar-refractivity contribution in [2.45, 2.75) is 0 Å². The van der Waals surface area contributed by atoms with E-state index in [0.29, 0.717) is 26.0 Å². The number of rotatable bonds is 1. The normalized spacial score (nSPS) is 16.9. The van der Waals surface area contributed by atoms with Crippen molar-refractivity contribution < 1.29 is 13.6 Å². The predicted octanol–water partition coefficient (Wildman–Crippen LogP) is 3.61. The van der Waals surface area contributed by atoms with Crippen LogP contribution in [0.2, 0.25) is 0 Å². The van der Waals surface area contributed by atoms with Gasteiger partial charge in [0.05, 0.1) is 4.91 Å². The Hall–Kier alpha value is -2.25. The predicted molar refractivity (Wildman–Crippen MR) is 87.8 cm³/mol. The lowest BCUT2D eigenvalue weighted by atomic mass is 10.2. The van der Waals surface area contributed by atoms with Crippen molar-refractivity contribution in [3.63, 3.8) is 0 Å². The number of carbonyl (C=O) groups excluding carboxylic acids is 1. The number of carbonyl (C=O) groups is 1. The molecular weight excluding hydrogens is 323 g/mol. The average Bonchev–Trinajstić information content (AvgIpc) is 3.02. The number of benzene rings is 1. The Labute approximate surface area is 133 Å². The smallest absolute Gasteiger partial charge is 0.263 e. The van der Waals surface area contributed by atoms with Crippen LogP contribution in [0.1, 0.15) is 5.76 Å². The molecule has 3 aromatic rings.